The maximum Gasteiger partial charge on any atom is 0.420 e. The van der Waals surface area contributed by atoms with Crippen molar-refractivity contribution in [1.82, 2.24) is 9.34 Å². The van der Waals surface area contributed by atoms with Crippen LogP contribution in [0.5, 0.6) is 0 Å². The van der Waals surface area contributed by atoms with E-state index >= 15 is 0 Å². The first-order valence-electron chi connectivity index (χ1n) is 4.06. The van der Waals surface area contributed by atoms with Crippen LogP contribution in [0.15, 0.2) is 0 Å². The van der Waals surface area contributed by atoms with Gasteiger partial charge in [-0.1, -0.05) is 0 Å². The van der Waals surface area contributed by atoms with E-state index in [1.165, 1.54) is 0 Å². The van der Waals surface area contributed by atoms with Gasteiger partial charge in [-0.25, -0.2) is 23.5 Å². The van der Waals surface area contributed by atoms with E-state index in [9.17, 15) is 14.2 Å². The van der Waals surface area contributed by atoms with Crippen molar-refractivity contribution < 1.29 is 23.6 Å². The molecule has 77 valence electrons. The molecule has 0 aromatic rings. The summed E-state index contributed by atoms with van der Waals surface area (Å²) in [5, 5.41) is 0. The Morgan fingerprint density at radius 1 is 1.00 bits per heavy atom. The van der Waals surface area contributed by atoms with Crippen LogP contribution in [0, 0.1) is 0 Å². The monoisotopic (exact) mass is 219 g/mol. The van der Waals surface area contributed by atoms with E-state index in [0.717, 1.165) is 9.34 Å². The van der Waals surface area contributed by atoms with Crippen LogP contribution >= 0.6 is 8.10 Å². The second-order valence-corrected chi connectivity index (χ2v) is 4.20. The minimum atomic E-state index is -2.19. The Morgan fingerprint density at radius 3 is 1.71 bits per heavy atom. The lowest BCUT2D eigenvalue weighted by Crippen LogP contribution is -2.26. The van der Waals surface area contributed by atoms with Crippen molar-refractivity contribution in [2.45, 2.75) is 0 Å². The molecule has 0 aromatic carbocycles. The Kier molecular flexibility index (Phi) is 2.25. The first-order chi connectivity index (χ1) is 6.70. The van der Waals surface area contributed by atoms with Gasteiger partial charge in [0, 0.05) is 0 Å². The first kappa shape index (κ1) is 9.21. The summed E-state index contributed by atoms with van der Waals surface area (Å²) in [6.07, 6.45) is -1.29. The van der Waals surface area contributed by atoms with Crippen LogP contribution in [0.4, 0.5) is 9.59 Å². The molecule has 0 spiro atoms. The second-order valence-electron chi connectivity index (χ2n) is 2.73. The predicted octanol–water partition coefficient (Wildman–Crippen LogP) is 0.548. The topological polar surface area (TPSA) is 76.2 Å². The number of ether oxygens (including phenoxy) is 2. The fraction of sp³-hybridized carbons (Fsp3) is 0.667. The van der Waals surface area contributed by atoms with Gasteiger partial charge in [0.05, 0.1) is 13.1 Å². The lowest BCUT2D eigenvalue weighted by atomic mass is 10.7. The molecular weight excluding hydrogens is 211 g/mol. The SMILES string of the molecule is O=C1OCCN1[P](=O)N1CCOC1=O. The molecule has 0 unspecified atom stereocenters. The van der Waals surface area contributed by atoms with E-state index in [4.69, 9.17) is 0 Å². The minimum absolute atomic E-state index is 0.211. The quantitative estimate of drug-likeness (QED) is 0.634. The number of cyclic esters (lactones) is 2. The first-order valence-corrected chi connectivity index (χ1v) is 5.22. The van der Waals surface area contributed by atoms with E-state index < -0.39 is 20.3 Å². The molecule has 0 aromatic heterocycles. The second kappa shape index (κ2) is 3.42. The van der Waals surface area contributed by atoms with Gasteiger partial charge in [-0.15, -0.1) is 0 Å². The van der Waals surface area contributed by atoms with Crippen molar-refractivity contribution in [2.75, 3.05) is 26.3 Å². The molecule has 2 amide bonds. The summed E-state index contributed by atoms with van der Waals surface area (Å²) < 4.78 is 22.9. The van der Waals surface area contributed by atoms with Gasteiger partial charge in [0.15, 0.2) is 0 Å². The van der Waals surface area contributed by atoms with Gasteiger partial charge in [0.1, 0.15) is 13.2 Å². The fourth-order valence-electron chi connectivity index (χ4n) is 1.21. The number of hydrogen-bond acceptors (Lipinski definition) is 5. The largest absolute Gasteiger partial charge is 0.447 e. The van der Waals surface area contributed by atoms with Crippen molar-refractivity contribution in [1.29, 1.82) is 0 Å². The van der Waals surface area contributed by atoms with Gasteiger partial charge in [-0.05, 0) is 0 Å². The summed E-state index contributed by atoms with van der Waals surface area (Å²) in [4.78, 5) is 22.0. The summed E-state index contributed by atoms with van der Waals surface area (Å²) >= 11 is 0. The summed E-state index contributed by atoms with van der Waals surface area (Å²) in [6.45, 7) is 0.918. The Balaban J connectivity index is 2.07. The van der Waals surface area contributed by atoms with Crippen LogP contribution in [0.1, 0.15) is 0 Å². The molecule has 2 rings (SSSR count). The summed E-state index contributed by atoms with van der Waals surface area (Å²) in [6, 6.07) is 0. The Labute approximate surface area is 80.4 Å². The highest BCUT2D eigenvalue weighted by Gasteiger charge is 2.37. The van der Waals surface area contributed by atoms with Gasteiger partial charge < -0.3 is 9.47 Å². The molecule has 2 aliphatic heterocycles. The number of rotatable bonds is 2. The van der Waals surface area contributed by atoms with E-state index in [0.29, 0.717) is 0 Å². The van der Waals surface area contributed by atoms with E-state index in [2.05, 4.69) is 9.47 Å². The zero-order valence-electron chi connectivity index (χ0n) is 7.21. The van der Waals surface area contributed by atoms with Gasteiger partial charge in [0.2, 0.25) is 0 Å². The maximum atomic E-state index is 11.7. The average molecular weight is 219 g/mol. The number of nitrogens with zero attached hydrogens (tertiary/aromatic N) is 2. The van der Waals surface area contributed by atoms with Crippen molar-refractivity contribution in [3.05, 3.63) is 0 Å². The Bertz CT molecular complexity index is 279. The molecule has 7 nitrogen and oxygen atoms in total. The molecule has 0 atom stereocenters. The lowest BCUT2D eigenvalue weighted by molar-refractivity contribution is 0.166. The number of amides is 2. The standard InChI is InChI=1S/C6H8N2O5P/c9-5-7(1-3-12-5)14(11)8-2-4-13-6(8)10/h1-4H2. The molecule has 2 saturated heterocycles. The number of carbonyl (C=O) groups is 2. The maximum absolute atomic E-state index is 11.7. The predicted molar refractivity (Wildman–Crippen MR) is 43.7 cm³/mol. The summed E-state index contributed by atoms with van der Waals surface area (Å²) in [5.74, 6) is 0. The molecular formula is C6H8N2O5P. The highest BCUT2D eigenvalue weighted by Crippen LogP contribution is 2.36. The molecule has 2 aliphatic rings. The molecule has 0 aliphatic carbocycles. The van der Waals surface area contributed by atoms with E-state index in [-0.39, 0.29) is 26.3 Å². The van der Waals surface area contributed by atoms with E-state index in [1.807, 2.05) is 0 Å². The van der Waals surface area contributed by atoms with Crippen molar-refractivity contribution in [2.24, 2.45) is 0 Å². The molecule has 14 heavy (non-hydrogen) atoms. The van der Waals surface area contributed by atoms with Gasteiger partial charge in [-0.2, -0.15) is 0 Å². The molecule has 2 heterocycles. The summed E-state index contributed by atoms with van der Waals surface area (Å²) in [5.41, 5.74) is 0. The van der Waals surface area contributed by atoms with Gasteiger partial charge in [-0.3, -0.25) is 0 Å². The van der Waals surface area contributed by atoms with Crippen LogP contribution in [0.3, 0.4) is 0 Å². The molecule has 0 N–H and O–H groups in total. The zero-order valence-corrected chi connectivity index (χ0v) is 8.11. The van der Waals surface area contributed by atoms with Crippen LogP contribution in [0.25, 0.3) is 0 Å². The highest BCUT2D eigenvalue weighted by atomic mass is 31.1. The third-order valence-electron chi connectivity index (χ3n) is 1.89. The molecule has 0 bridgehead atoms. The van der Waals surface area contributed by atoms with Gasteiger partial charge in [0.25, 0.3) is 8.10 Å². The third kappa shape index (κ3) is 1.39. The highest BCUT2D eigenvalue weighted by molar-refractivity contribution is 7.41. The van der Waals surface area contributed by atoms with E-state index in [1.54, 1.807) is 0 Å². The van der Waals surface area contributed by atoms with Crippen molar-refractivity contribution >= 4 is 20.3 Å². The van der Waals surface area contributed by atoms with Crippen LogP contribution < -0.4 is 0 Å². The number of carbonyl (C=O) groups excluding carboxylic acids is 2. The minimum Gasteiger partial charge on any atom is -0.447 e. The molecule has 1 radical (unpaired) electrons. The smallest absolute Gasteiger partial charge is 0.420 e. The van der Waals surface area contributed by atoms with Crippen LogP contribution in [0.2, 0.25) is 0 Å². The summed E-state index contributed by atoms with van der Waals surface area (Å²) in [7, 11) is -2.19. The van der Waals surface area contributed by atoms with Gasteiger partial charge >= 0.3 is 12.2 Å². The molecule has 8 heteroatoms. The zero-order chi connectivity index (χ0) is 10.1. The molecule has 2 fully saturated rings. The third-order valence-corrected chi connectivity index (χ3v) is 3.44. The van der Waals surface area contributed by atoms with Crippen molar-refractivity contribution in [3.63, 3.8) is 0 Å². The number of hydrogen-bond donors (Lipinski definition) is 0. The van der Waals surface area contributed by atoms with Crippen LogP contribution in [-0.4, -0.2) is 47.8 Å². The fourth-order valence-corrected chi connectivity index (χ4v) is 2.37. The average Bonchev–Trinajstić information content (AvgIpc) is 2.73. The Morgan fingerprint density at radius 2 is 1.43 bits per heavy atom. The molecule has 0 saturated carbocycles. The Hall–Kier alpha value is -1.36. The normalized spacial score (nSPS) is 21.1. The van der Waals surface area contributed by atoms with Crippen LogP contribution in [-0.2, 0) is 14.0 Å². The lowest BCUT2D eigenvalue weighted by Gasteiger charge is -2.16. The van der Waals surface area contributed by atoms with Crippen molar-refractivity contribution in [3.8, 4) is 0 Å².